The fourth-order valence-electron chi connectivity index (χ4n) is 3.66. The molecule has 0 bridgehead atoms. The summed E-state index contributed by atoms with van der Waals surface area (Å²) < 4.78 is 18.0. The molecule has 4 nitrogen and oxygen atoms in total. The van der Waals surface area contributed by atoms with Gasteiger partial charge in [0.05, 0.1) is 11.9 Å². The van der Waals surface area contributed by atoms with Crippen LogP contribution in [-0.2, 0) is 10.8 Å². The summed E-state index contributed by atoms with van der Waals surface area (Å²) >= 11 is 0. The van der Waals surface area contributed by atoms with Crippen LogP contribution >= 0.6 is 0 Å². The summed E-state index contributed by atoms with van der Waals surface area (Å²) in [4.78, 5) is 7.08. The number of nitrogens with zero attached hydrogens (tertiary/aromatic N) is 2. The van der Waals surface area contributed by atoms with E-state index in [4.69, 9.17) is 4.74 Å². The summed E-state index contributed by atoms with van der Waals surface area (Å²) in [5.41, 5.74) is 3.06. The molecule has 2 aromatic rings. The zero-order valence-electron chi connectivity index (χ0n) is 15.0. The molecule has 1 atom stereocenters. The largest absolute Gasteiger partial charge is 0.494 e. The lowest BCUT2D eigenvalue weighted by atomic mass is 10.00. The average molecular weight is 346 g/mol. The second-order valence-corrected chi connectivity index (χ2v) is 8.47. The Morgan fingerprint density at radius 1 is 1.33 bits per heavy atom. The second-order valence-electron chi connectivity index (χ2n) is 6.50. The van der Waals surface area contributed by atoms with Crippen molar-refractivity contribution >= 4 is 27.4 Å². The van der Waals surface area contributed by atoms with E-state index in [1.54, 1.807) is 7.11 Å². The molecule has 1 saturated heterocycles. The fourth-order valence-corrected chi connectivity index (χ4v) is 5.43. The molecule has 0 spiro atoms. The van der Waals surface area contributed by atoms with Gasteiger partial charge in [-0.15, -0.1) is 0 Å². The van der Waals surface area contributed by atoms with Crippen LogP contribution in [0.2, 0.25) is 0 Å². The Kier molecular flexibility index (Phi) is 4.81. The van der Waals surface area contributed by atoms with Crippen LogP contribution in [0.25, 0.3) is 10.9 Å². The highest BCUT2D eigenvalue weighted by Crippen LogP contribution is 2.36. The van der Waals surface area contributed by atoms with E-state index < -0.39 is 10.8 Å². The summed E-state index contributed by atoms with van der Waals surface area (Å²) in [6.07, 6.45) is 1.88. The van der Waals surface area contributed by atoms with Gasteiger partial charge >= 0.3 is 0 Å². The van der Waals surface area contributed by atoms with E-state index in [0.717, 1.165) is 54.0 Å². The first-order valence-electron chi connectivity index (χ1n) is 8.62. The van der Waals surface area contributed by atoms with Crippen LogP contribution in [-0.4, -0.2) is 39.9 Å². The number of fused-ring (bicyclic) bond motifs is 1. The van der Waals surface area contributed by atoms with Gasteiger partial charge in [-0.2, -0.15) is 0 Å². The van der Waals surface area contributed by atoms with Gasteiger partial charge in [-0.05, 0) is 31.9 Å². The molecule has 1 aliphatic heterocycles. The van der Waals surface area contributed by atoms with Gasteiger partial charge in [0.1, 0.15) is 11.3 Å². The molecular weight excluding hydrogens is 320 g/mol. The molecule has 3 rings (SSSR count). The zero-order chi connectivity index (χ0) is 17.3. The topological polar surface area (TPSA) is 42.4 Å². The number of anilines is 1. The Bertz CT molecular complexity index is 771. The maximum atomic E-state index is 12.6. The normalized spacial score (nSPS) is 20.3. The standard InChI is InChI=1S/C19H26N2O2S/c1-5-19(6-2)13-21(10-11-24(19)22)16-12-14(3)20-18-15(16)8-7-9-17(18)23-4/h7-9,12H,5-6,10-11,13H2,1-4H3. The monoisotopic (exact) mass is 346 g/mol. The highest BCUT2D eigenvalue weighted by molar-refractivity contribution is 7.86. The van der Waals surface area contributed by atoms with Crippen molar-refractivity contribution in [1.82, 2.24) is 4.98 Å². The summed E-state index contributed by atoms with van der Waals surface area (Å²) in [7, 11) is 0.924. The van der Waals surface area contributed by atoms with E-state index >= 15 is 0 Å². The van der Waals surface area contributed by atoms with E-state index in [-0.39, 0.29) is 4.75 Å². The average Bonchev–Trinajstić information content (AvgIpc) is 2.61. The molecule has 130 valence electrons. The first-order chi connectivity index (χ1) is 11.5. The van der Waals surface area contributed by atoms with Crippen molar-refractivity contribution in [3.63, 3.8) is 0 Å². The number of benzene rings is 1. The summed E-state index contributed by atoms with van der Waals surface area (Å²) in [6, 6.07) is 8.21. The molecule has 0 aliphatic carbocycles. The van der Waals surface area contributed by atoms with Crippen LogP contribution in [0.15, 0.2) is 24.3 Å². The number of rotatable bonds is 4. The number of aromatic nitrogens is 1. The molecule has 0 amide bonds. The number of para-hydroxylation sites is 1. The molecule has 2 heterocycles. The van der Waals surface area contributed by atoms with Crippen LogP contribution in [0.1, 0.15) is 32.4 Å². The summed E-state index contributed by atoms with van der Waals surface area (Å²) in [5.74, 6) is 1.53. The van der Waals surface area contributed by atoms with Crippen molar-refractivity contribution in [2.45, 2.75) is 38.4 Å². The van der Waals surface area contributed by atoms with Gasteiger partial charge in [-0.1, -0.05) is 26.0 Å². The zero-order valence-corrected chi connectivity index (χ0v) is 15.8. The van der Waals surface area contributed by atoms with Gasteiger partial charge in [-0.3, -0.25) is 4.21 Å². The molecule has 24 heavy (non-hydrogen) atoms. The van der Waals surface area contributed by atoms with Gasteiger partial charge < -0.3 is 9.64 Å². The van der Waals surface area contributed by atoms with Crippen molar-refractivity contribution in [2.24, 2.45) is 0 Å². The third kappa shape index (κ3) is 2.79. The lowest BCUT2D eigenvalue weighted by Crippen LogP contribution is -2.53. The Balaban J connectivity index is 2.11. The minimum absolute atomic E-state index is 0.111. The second kappa shape index (κ2) is 6.71. The van der Waals surface area contributed by atoms with Crippen molar-refractivity contribution < 1.29 is 8.95 Å². The van der Waals surface area contributed by atoms with E-state index in [1.165, 1.54) is 5.69 Å². The van der Waals surface area contributed by atoms with Gasteiger partial charge in [0.15, 0.2) is 0 Å². The van der Waals surface area contributed by atoms with Crippen LogP contribution in [0.3, 0.4) is 0 Å². The van der Waals surface area contributed by atoms with Crippen LogP contribution in [0, 0.1) is 6.92 Å². The van der Waals surface area contributed by atoms with E-state index in [2.05, 4.69) is 35.9 Å². The van der Waals surface area contributed by atoms with Crippen molar-refractivity contribution in [2.75, 3.05) is 30.9 Å². The Labute approximate surface area is 146 Å². The SMILES string of the molecule is CCC1(CC)CN(c2cc(C)nc3c(OC)cccc23)CCS1=O. The molecule has 1 aliphatic rings. The van der Waals surface area contributed by atoms with Crippen molar-refractivity contribution in [1.29, 1.82) is 0 Å². The lowest BCUT2D eigenvalue weighted by molar-refractivity contribution is 0.419. The number of pyridine rings is 1. The number of methoxy groups -OCH3 is 1. The van der Waals surface area contributed by atoms with Gasteiger partial charge in [-0.25, -0.2) is 4.98 Å². The summed E-state index contributed by atoms with van der Waals surface area (Å²) in [6.45, 7) is 7.99. The molecule has 1 fully saturated rings. The van der Waals surface area contributed by atoms with Crippen molar-refractivity contribution in [3.05, 3.63) is 30.0 Å². The number of ether oxygens (including phenoxy) is 1. The first-order valence-corrected chi connectivity index (χ1v) is 9.94. The quantitative estimate of drug-likeness (QED) is 0.847. The first kappa shape index (κ1) is 17.2. The highest BCUT2D eigenvalue weighted by Gasteiger charge is 2.39. The Hall–Kier alpha value is -1.62. The minimum atomic E-state index is -0.758. The van der Waals surface area contributed by atoms with E-state index in [1.807, 2.05) is 19.1 Å². The molecular formula is C19H26N2O2S. The number of aryl methyl sites for hydroxylation is 1. The maximum Gasteiger partial charge on any atom is 0.145 e. The molecule has 0 N–H and O–H groups in total. The highest BCUT2D eigenvalue weighted by atomic mass is 32.2. The van der Waals surface area contributed by atoms with Gasteiger partial charge in [0.25, 0.3) is 0 Å². The fraction of sp³-hybridized carbons (Fsp3) is 0.526. The van der Waals surface area contributed by atoms with Crippen molar-refractivity contribution in [3.8, 4) is 5.75 Å². The third-order valence-corrected chi connectivity index (χ3v) is 7.49. The maximum absolute atomic E-state index is 12.6. The van der Waals surface area contributed by atoms with Gasteiger partial charge in [0, 0.05) is 46.4 Å². The summed E-state index contributed by atoms with van der Waals surface area (Å²) in [5, 5.41) is 1.11. The molecule has 0 saturated carbocycles. The molecule has 5 heteroatoms. The van der Waals surface area contributed by atoms with E-state index in [0.29, 0.717) is 0 Å². The Morgan fingerprint density at radius 2 is 2.08 bits per heavy atom. The molecule has 1 unspecified atom stereocenters. The predicted molar refractivity (Wildman–Crippen MR) is 102 cm³/mol. The minimum Gasteiger partial charge on any atom is -0.494 e. The van der Waals surface area contributed by atoms with E-state index in [9.17, 15) is 4.21 Å². The number of hydrogen-bond donors (Lipinski definition) is 0. The smallest absolute Gasteiger partial charge is 0.145 e. The van der Waals surface area contributed by atoms with Crippen LogP contribution < -0.4 is 9.64 Å². The van der Waals surface area contributed by atoms with Crippen LogP contribution in [0.4, 0.5) is 5.69 Å². The predicted octanol–water partition coefficient (Wildman–Crippen LogP) is 3.68. The van der Waals surface area contributed by atoms with Gasteiger partial charge in [0.2, 0.25) is 0 Å². The lowest BCUT2D eigenvalue weighted by Gasteiger charge is -2.42. The third-order valence-electron chi connectivity index (χ3n) is 5.27. The van der Waals surface area contributed by atoms with Crippen LogP contribution in [0.5, 0.6) is 5.75 Å². The molecule has 1 aromatic carbocycles. The molecule has 1 aromatic heterocycles. The Morgan fingerprint density at radius 3 is 2.75 bits per heavy atom. The number of hydrogen-bond acceptors (Lipinski definition) is 4. The molecule has 0 radical (unpaired) electrons.